The molecule has 0 saturated carbocycles. The highest BCUT2D eigenvalue weighted by Gasteiger charge is 2.53. The minimum Gasteiger partial charge on any atom is -0.457 e. The smallest absolute Gasteiger partial charge is 0.457 e. The van der Waals surface area contributed by atoms with Gasteiger partial charge in [0.05, 0.1) is 22.3 Å². The fourth-order valence-corrected chi connectivity index (χ4v) is 3.91. The molecule has 4 rings (SSSR count). The van der Waals surface area contributed by atoms with E-state index in [0.29, 0.717) is 0 Å². The van der Waals surface area contributed by atoms with Crippen LogP contribution in [0.1, 0.15) is 41.4 Å². The summed E-state index contributed by atoms with van der Waals surface area (Å²) in [5.74, 6) is -6.99. The van der Waals surface area contributed by atoms with Crippen molar-refractivity contribution in [1.29, 1.82) is 0 Å². The van der Waals surface area contributed by atoms with E-state index in [4.69, 9.17) is 4.74 Å². The first-order chi connectivity index (χ1) is 17.7. The van der Waals surface area contributed by atoms with Crippen LogP contribution in [0.15, 0.2) is 36.4 Å². The number of carbonyl (C=O) groups excluding carboxylic acids is 4. The van der Waals surface area contributed by atoms with Gasteiger partial charge in [-0.1, -0.05) is 0 Å². The van der Waals surface area contributed by atoms with Crippen LogP contribution in [0.4, 0.5) is 26.3 Å². The van der Waals surface area contributed by atoms with E-state index in [9.17, 15) is 62.4 Å². The van der Waals surface area contributed by atoms with Crippen LogP contribution in [0, 0.1) is 0 Å². The molecule has 0 spiro atoms. The molecule has 0 unspecified atom stereocenters. The van der Waals surface area contributed by atoms with Crippen LogP contribution in [-0.2, 0) is 28.8 Å². The lowest BCUT2D eigenvalue weighted by atomic mass is 10.1. The quantitative estimate of drug-likeness (QED) is 0.269. The van der Waals surface area contributed by atoms with Gasteiger partial charge in [0, 0.05) is 0 Å². The van der Waals surface area contributed by atoms with Crippen LogP contribution in [-0.4, -0.2) is 61.6 Å². The monoisotopic (exact) mass is 604 g/mol. The number of carbonyl (C=O) groups is 4. The molecule has 0 aromatic heterocycles. The standard InChI is InChI=1S/C18H6F6N2O11S2/c19-17(20,21)38(31,32)36-25-13(27)9-3-1-7(5-11(9)15(25)29)35-8-2-4-10-12(6-8)16(30)26(14(10)28)37-39(33,34)18(22,23)24/h1-6H. The summed E-state index contributed by atoms with van der Waals surface area (Å²) in [5, 5.41) is -1.28. The molecule has 0 radical (unpaired) electrons. The Morgan fingerprint density at radius 3 is 1.15 bits per heavy atom. The summed E-state index contributed by atoms with van der Waals surface area (Å²) in [7, 11) is -12.8. The van der Waals surface area contributed by atoms with Gasteiger partial charge in [0.2, 0.25) is 0 Å². The van der Waals surface area contributed by atoms with Crippen LogP contribution in [0.5, 0.6) is 11.5 Å². The van der Waals surface area contributed by atoms with Crippen molar-refractivity contribution < 1.29 is 75.7 Å². The molecule has 0 fully saturated rings. The maximum absolute atomic E-state index is 12.6. The van der Waals surface area contributed by atoms with Gasteiger partial charge in [0.1, 0.15) is 11.5 Å². The predicted molar refractivity (Wildman–Crippen MR) is 106 cm³/mol. The molecule has 2 aliphatic heterocycles. The van der Waals surface area contributed by atoms with Gasteiger partial charge in [-0.05, 0) is 36.4 Å². The number of rotatable bonds is 6. The van der Waals surface area contributed by atoms with Crippen LogP contribution in [0.2, 0.25) is 0 Å². The van der Waals surface area contributed by atoms with Gasteiger partial charge in [-0.2, -0.15) is 43.2 Å². The Balaban J connectivity index is 1.57. The second-order valence-corrected chi connectivity index (χ2v) is 10.3. The van der Waals surface area contributed by atoms with Gasteiger partial charge < -0.3 is 4.74 Å². The van der Waals surface area contributed by atoms with E-state index in [1.807, 2.05) is 0 Å². The van der Waals surface area contributed by atoms with Gasteiger partial charge in [0.15, 0.2) is 0 Å². The van der Waals surface area contributed by atoms with Crippen molar-refractivity contribution in [1.82, 2.24) is 10.1 Å². The van der Waals surface area contributed by atoms with E-state index in [-0.39, 0.29) is 11.5 Å². The maximum atomic E-state index is 12.6. The molecule has 0 N–H and O–H groups in total. The molecule has 2 aliphatic rings. The lowest BCUT2D eigenvalue weighted by molar-refractivity contribution is -0.0755. The van der Waals surface area contributed by atoms with Crippen molar-refractivity contribution in [3.63, 3.8) is 0 Å². The molecule has 0 saturated heterocycles. The predicted octanol–water partition coefficient (Wildman–Crippen LogP) is 2.23. The van der Waals surface area contributed by atoms with Crippen LogP contribution in [0.3, 0.4) is 0 Å². The zero-order chi connectivity index (χ0) is 29.3. The highest BCUT2D eigenvalue weighted by Crippen LogP contribution is 2.35. The van der Waals surface area contributed by atoms with E-state index in [1.54, 1.807) is 0 Å². The summed E-state index contributed by atoms with van der Waals surface area (Å²) < 4.78 is 133. The van der Waals surface area contributed by atoms with Crippen molar-refractivity contribution in [3.8, 4) is 11.5 Å². The van der Waals surface area contributed by atoms with E-state index < -0.39 is 87.3 Å². The molecule has 208 valence electrons. The van der Waals surface area contributed by atoms with E-state index in [0.717, 1.165) is 36.4 Å². The largest absolute Gasteiger partial charge is 0.525 e. The summed E-state index contributed by atoms with van der Waals surface area (Å²) >= 11 is 0. The number of hydroxylamine groups is 4. The molecule has 21 heteroatoms. The third-order valence-electron chi connectivity index (χ3n) is 4.79. The number of amides is 4. The molecule has 0 bridgehead atoms. The Morgan fingerprint density at radius 2 is 0.846 bits per heavy atom. The van der Waals surface area contributed by atoms with E-state index in [1.165, 1.54) is 0 Å². The number of imide groups is 2. The minimum atomic E-state index is -6.38. The molecule has 39 heavy (non-hydrogen) atoms. The number of hydrogen-bond donors (Lipinski definition) is 0. The van der Waals surface area contributed by atoms with Crippen LogP contribution in [0.25, 0.3) is 0 Å². The van der Waals surface area contributed by atoms with Crippen molar-refractivity contribution in [2.24, 2.45) is 0 Å². The van der Waals surface area contributed by atoms with Crippen molar-refractivity contribution in [3.05, 3.63) is 58.7 Å². The third-order valence-corrected chi connectivity index (χ3v) is 6.61. The van der Waals surface area contributed by atoms with Crippen molar-refractivity contribution in [2.45, 2.75) is 11.0 Å². The van der Waals surface area contributed by atoms with Gasteiger partial charge in [-0.3, -0.25) is 19.2 Å². The second kappa shape index (κ2) is 8.72. The molecule has 13 nitrogen and oxygen atoms in total. The Morgan fingerprint density at radius 1 is 0.538 bits per heavy atom. The average Bonchev–Trinajstić information content (AvgIpc) is 3.17. The number of alkyl halides is 6. The molecule has 2 aromatic rings. The zero-order valence-electron chi connectivity index (χ0n) is 17.9. The number of benzene rings is 2. The van der Waals surface area contributed by atoms with Crippen molar-refractivity contribution >= 4 is 43.9 Å². The highest BCUT2D eigenvalue weighted by molar-refractivity contribution is 7.87. The summed E-state index contributed by atoms with van der Waals surface area (Å²) in [5.41, 5.74) is -14.4. The van der Waals surface area contributed by atoms with Gasteiger partial charge in [-0.15, -0.1) is 18.7 Å². The molecule has 4 amide bonds. The average molecular weight is 604 g/mol. The number of fused-ring (bicyclic) bond motifs is 2. The normalized spacial score (nSPS) is 16.2. The fraction of sp³-hybridized carbons (Fsp3) is 0.111. The molecule has 0 aliphatic carbocycles. The Bertz CT molecular complexity index is 1560. The molecule has 2 heterocycles. The van der Waals surface area contributed by atoms with Gasteiger partial charge >= 0.3 is 31.3 Å². The maximum Gasteiger partial charge on any atom is 0.525 e. The van der Waals surface area contributed by atoms with Crippen LogP contribution >= 0.6 is 0 Å². The zero-order valence-corrected chi connectivity index (χ0v) is 19.6. The summed E-state index contributed by atoms with van der Waals surface area (Å²) in [6.45, 7) is 0. The molecular weight excluding hydrogens is 598 g/mol. The van der Waals surface area contributed by atoms with E-state index in [2.05, 4.69) is 8.57 Å². The van der Waals surface area contributed by atoms with Gasteiger partial charge in [-0.25, -0.2) is 0 Å². The first kappa shape index (κ1) is 27.9. The Kier molecular flexibility index (Phi) is 6.25. The van der Waals surface area contributed by atoms with Crippen molar-refractivity contribution in [2.75, 3.05) is 0 Å². The minimum absolute atomic E-state index is 0.333. The fourth-order valence-electron chi connectivity index (χ4n) is 3.07. The lowest BCUT2D eigenvalue weighted by Crippen LogP contribution is -2.37. The summed E-state index contributed by atoms with van der Waals surface area (Å²) in [6, 6.07) is 5.24. The molecular formula is C18H6F6N2O11S2. The molecule has 2 aromatic carbocycles. The van der Waals surface area contributed by atoms with Crippen LogP contribution < -0.4 is 4.74 Å². The van der Waals surface area contributed by atoms with Gasteiger partial charge in [0.25, 0.3) is 23.6 Å². The number of ether oxygens (including phenoxy) is 1. The van der Waals surface area contributed by atoms with E-state index >= 15 is 0 Å². The lowest BCUT2D eigenvalue weighted by Gasteiger charge is -2.14. The first-order valence-electron chi connectivity index (χ1n) is 9.50. The first-order valence-corrected chi connectivity index (χ1v) is 12.3. The Hall–Kier alpha value is -4.08. The topological polar surface area (TPSA) is 171 Å². The second-order valence-electron chi connectivity index (χ2n) is 7.28. The highest BCUT2D eigenvalue weighted by atomic mass is 32.2. The molecule has 0 atom stereocenters. The number of hydrogen-bond acceptors (Lipinski definition) is 11. The number of halogens is 6. The Labute approximate surface area is 211 Å². The number of nitrogens with zero attached hydrogens (tertiary/aromatic N) is 2. The third kappa shape index (κ3) is 4.68. The summed E-state index contributed by atoms with van der Waals surface area (Å²) in [6.07, 6.45) is 0. The SMILES string of the molecule is O=C1c2ccc(Oc3ccc4c(c3)C(=O)N(OS(=O)(=O)C(F)(F)F)C4=O)cc2C(=O)N1OS(=O)(=O)C(F)(F)F. The summed E-state index contributed by atoms with van der Waals surface area (Å²) in [4.78, 5) is 49.0.